The summed E-state index contributed by atoms with van der Waals surface area (Å²) in [5.41, 5.74) is 2.93. The summed E-state index contributed by atoms with van der Waals surface area (Å²) in [6, 6.07) is 13.6. The predicted octanol–water partition coefficient (Wildman–Crippen LogP) is 4.58. The molecule has 1 amide bonds. The predicted molar refractivity (Wildman–Crippen MR) is 143 cm³/mol. The van der Waals surface area contributed by atoms with Crippen molar-refractivity contribution in [1.29, 1.82) is 0 Å². The molecular weight excluding hydrogens is 535 g/mol. The Hall–Kier alpha value is -2.69. The number of carbonyl (C=O) groups is 1. The van der Waals surface area contributed by atoms with Crippen LogP contribution in [0.25, 0.3) is 0 Å². The van der Waals surface area contributed by atoms with Crippen molar-refractivity contribution in [2.45, 2.75) is 33.2 Å². The van der Waals surface area contributed by atoms with E-state index in [9.17, 15) is 4.79 Å². The van der Waals surface area contributed by atoms with Gasteiger partial charge in [-0.05, 0) is 62.1 Å². The summed E-state index contributed by atoms with van der Waals surface area (Å²) in [7, 11) is 2.99. The number of anilines is 1. The Kier molecular flexibility index (Phi) is 13.7. The summed E-state index contributed by atoms with van der Waals surface area (Å²) in [6.45, 7) is 6.72. The van der Waals surface area contributed by atoms with Gasteiger partial charge in [0.1, 0.15) is 0 Å². The fourth-order valence-corrected chi connectivity index (χ4v) is 3.02. The Morgan fingerprint density at radius 1 is 0.970 bits per heavy atom. The Morgan fingerprint density at radius 2 is 1.70 bits per heavy atom. The van der Waals surface area contributed by atoms with Crippen molar-refractivity contribution in [2.75, 3.05) is 39.2 Å². The zero-order chi connectivity index (χ0) is 23.2. The van der Waals surface area contributed by atoms with Crippen LogP contribution in [0.15, 0.2) is 47.5 Å². The number of hydrogen-bond donors (Lipinski definition) is 3. The number of ether oxygens (including phenoxy) is 3. The number of guanidine groups is 1. The molecule has 0 fully saturated rings. The summed E-state index contributed by atoms with van der Waals surface area (Å²) >= 11 is 0. The first-order chi connectivity index (χ1) is 15.6. The molecule has 0 aliphatic rings. The third-order valence-corrected chi connectivity index (χ3v) is 4.61. The van der Waals surface area contributed by atoms with Gasteiger partial charge in [0.2, 0.25) is 0 Å². The Morgan fingerprint density at radius 3 is 2.33 bits per heavy atom. The number of hydrogen-bond acceptors (Lipinski definition) is 5. The number of nitrogens with one attached hydrogen (secondary N) is 3. The second-order valence-corrected chi connectivity index (χ2v) is 6.96. The molecule has 0 saturated carbocycles. The molecule has 0 aromatic heterocycles. The third kappa shape index (κ3) is 10.2. The number of aliphatic imine (C=N–C) groups is 1. The normalized spacial score (nSPS) is 10.6. The van der Waals surface area contributed by atoms with Gasteiger partial charge < -0.3 is 24.8 Å². The van der Waals surface area contributed by atoms with Gasteiger partial charge in [-0.25, -0.2) is 9.79 Å². The second-order valence-electron chi connectivity index (χ2n) is 6.96. The third-order valence-electron chi connectivity index (χ3n) is 4.61. The first-order valence-corrected chi connectivity index (χ1v) is 10.8. The number of benzene rings is 2. The lowest BCUT2D eigenvalue weighted by molar-refractivity contribution is 0.187. The highest BCUT2D eigenvalue weighted by molar-refractivity contribution is 14.0. The van der Waals surface area contributed by atoms with Gasteiger partial charge in [0.25, 0.3) is 0 Å². The van der Waals surface area contributed by atoms with Gasteiger partial charge in [-0.2, -0.15) is 0 Å². The van der Waals surface area contributed by atoms with Gasteiger partial charge >= 0.3 is 6.09 Å². The lowest BCUT2D eigenvalue weighted by Crippen LogP contribution is -2.37. The molecule has 0 spiro atoms. The van der Waals surface area contributed by atoms with E-state index >= 15 is 0 Å². The van der Waals surface area contributed by atoms with Gasteiger partial charge in [0, 0.05) is 18.8 Å². The molecule has 182 valence electrons. The van der Waals surface area contributed by atoms with Crippen LogP contribution in [0, 0.1) is 0 Å². The average Bonchev–Trinajstić information content (AvgIpc) is 2.81. The van der Waals surface area contributed by atoms with E-state index in [0.717, 1.165) is 49.0 Å². The van der Waals surface area contributed by atoms with Crippen LogP contribution in [0.4, 0.5) is 10.5 Å². The van der Waals surface area contributed by atoms with Crippen molar-refractivity contribution in [2.24, 2.45) is 4.99 Å². The van der Waals surface area contributed by atoms with Gasteiger partial charge in [0.15, 0.2) is 17.5 Å². The molecule has 0 heterocycles. The molecule has 3 N–H and O–H groups in total. The van der Waals surface area contributed by atoms with Crippen molar-refractivity contribution >= 4 is 41.7 Å². The molecule has 0 radical (unpaired) electrons. The largest absolute Gasteiger partial charge is 0.493 e. The van der Waals surface area contributed by atoms with Crippen molar-refractivity contribution in [3.8, 4) is 11.5 Å². The van der Waals surface area contributed by atoms with Crippen LogP contribution < -0.4 is 25.4 Å². The van der Waals surface area contributed by atoms with E-state index < -0.39 is 6.09 Å². The number of nitrogens with zero attached hydrogens (tertiary/aromatic N) is 1. The minimum absolute atomic E-state index is 0. The Labute approximate surface area is 213 Å². The Balaban J connectivity index is 0.00000544. The maximum absolute atomic E-state index is 11.3. The quantitative estimate of drug-likeness (QED) is 0.159. The highest BCUT2D eigenvalue weighted by atomic mass is 127. The average molecular weight is 570 g/mol. The molecule has 0 aliphatic heterocycles. The summed E-state index contributed by atoms with van der Waals surface area (Å²) in [5.74, 6) is 2.31. The number of carbonyl (C=O) groups excluding carboxylic acids is 1. The van der Waals surface area contributed by atoms with Crippen LogP contribution in [-0.2, 0) is 17.7 Å². The summed E-state index contributed by atoms with van der Waals surface area (Å²) < 4.78 is 15.6. The van der Waals surface area contributed by atoms with Crippen molar-refractivity contribution in [1.82, 2.24) is 10.6 Å². The SMILES string of the molecule is CCNC(=NCc1ccc(NC(=O)OC)cc1)NCCCc1ccc(OC)c(OCC)c1.I. The molecule has 2 aromatic rings. The van der Waals surface area contributed by atoms with Crippen molar-refractivity contribution < 1.29 is 19.0 Å². The lowest BCUT2D eigenvalue weighted by atomic mass is 10.1. The van der Waals surface area contributed by atoms with Crippen LogP contribution >= 0.6 is 24.0 Å². The molecule has 0 atom stereocenters. The Bertz CT molecular complexity index is 875. The summed E-state index contributed by atoms with van der Waals surface area (Å²) in [4.78, 5) is 15.9. The smallest absolute Gasteiger partial charge is 0.411 e. The zero-order valence-electron chi connectivity index (χ0n) is 19.8. The molecule has 0 aliphatic carbocycles. The number of aryl methyl sites for hydroxylation is 1. The van der Waals surface area contributed by atoms with Crippen molar-refractivity contribution in [3.63, 3.8) is 0 Å². The highest BCUT2D eigenvalue weighted by Gasteiger charge is 2.06. The van der Waals surface area contributed by atoms with Crippen LogP contribution in [0.5, 0.6) is 11.5 Å². The van der Waals surface area contributed by atoms with Crippen LogP contribution in [-0.4, -0.2) is 46.0 Å². The topological polar surface area (TPSA) is 93.2 Å². The van der Waals surface area contributed by atoms with Gasteiger partial charge in [-0.3, -0.25) is 5.32 Å². The molecular formula is C24H35IN4O4. The first kappa shape index (κ1) is 28.3. The fraction of sp³-hybridized carbons (Fsp3) is 0.417. The molecule has 2 rings (SSSR count). The second kappa shape index (κ2) is 16.0. The maximum atomic E-state index is 11.3. The number of halogens is 1. The standard InChI is InChI=1S/C24H34N4O4.HI/c1-5-25-23(27-17-19-9-12-20(13-10-19)28-24(29)31-4)26-15-7-8-18-11-14-21(30-3)22(16-18)32-6-2;/h9-14,16H,5-8,15,17H2,1-4H3,(H,28,29)(H2,25,26,27);1H. The number of rotatable bonds is 11. The minimum Gasteiger partial charge on any atom is -0.493 e. The van der Waals surface area contributed by atoms with Crippen molar-refractivity contribution in [3.05, 3.63) is 53.6 Å². The summed E-state index contributed by atoms with van der Waals surface area (Å²) in [5, 5.41) is 9.28. The van der Waals surface area contributed by atoms with E-state index in [2.05, 4.69) is 31.7 Å². The van der Waals surface area contributed by atoms with Crippen LogP contribution in [0.1, 0.15) is 31.4 Å². The fourth-order valence-electron chi connectivity index (χ4n) is 3.02. The van der Waals surface area contributed by atoms with Gasteiger partial charge in [0.05, 0.1) is 27.4 Å². The monoisotopic (exact) mass is 570 g/mol. The van der Waals surface area contributed by atoms with E-state index in [1.54, 1.807) is 7.11 Å². The van der Waals surface area contributed by atoms with Gasteiger partial charge in [-0.15, -0.1) is 24.0 Å². The molecule has 9 heteroatoms. The molecule has 8 nitrogen and oxygen atoms in total. The molecule has 2 aromatic carbocycles. The molecule has 33 heavy (non-hydrogen) atoms. The first-order valence-electron chi connectivity index (χ1n) is 10.8. The minimum atomic E-state index is -0.488. The van der Waals surface area contributed by atoms with Crippen LogP contribution in [0.3, 0.4) is 0 Å². The number of amides is 1. The maximum Gasteiger partial charge on any atom is 0.411 e. The van der Waals surface area contributed by atoms with Gasteiger partial charge in [-0.1, -0.05) is 18.2 Å². The van der Waals surface area contributed by atoms with E-state index in [-0.39, 0.29) is 24.0 Å². The van der Waals surface area contributed by atoms with E-state index in [1.165, 1.54) is 12.7 Å². The number of methoxy groups -OCH3 is 2. The lowest BCUT2D eigenvalue weighted by Gasteiger charge is -2.13. The molecule has 0 bridgehead atoms. The zero-order valence-corrected chi connectivity index (χ0v) is 22.1. The van der Waals surface area contributed by atoms with E-state index in [1.807, 2.05) is 50.2 Å². The molecule has 0 saturated heterocycles. The summed E-state index contributed by atoms with van der Waals surface area (Å²) in [6.07, 6.45) is 1.39. The highest BCUT2D eigenvalue weighted by Crippen LogP contribution is 2.28. The van der Waals surface area contributed by atoms with E-state index in [0.29, 0.717) is 18.8 Å². The van der Waals surface area contributed by atoms with E-state index in [4.69, 9.17) is 9.47 Å². The van der Waals surface area contributed by atoms with Crippen LogP contribution in [0.2, 0.25) is 0 Å². The molecule has 0 unspecified atom stereocenters.